The Morgan fingerprint density at radius 1 is 0.933 bits per heavy atom. The maximum absolute atomic E-state index is 3.51. The van der Waals surface area contributed by atoms with Crippen molar-refractivity contribution in [3.05, 3.63) is 0 Å². The fourth-order valence-electron chi connectivity index (χ4n) is 2.34. The first-order chi connectivity index (χ1) is 7.27. The number of likely N-dealkylation sites (N-methyl/N-ethyl adjacent to an activating group) is 2. The summed E-state index contributed by atoms with van der Waals surface area (Å²) in [7, 11) is 4.55. The minimum atomic E-state index is 0.485. The molecule has 0 aromatic rings. The fraction of sp³-hybridized carbons (Fsp3) is 1.00. The molecule has 0 saturated carbocycles. The summed E-state index contributed by atoms with van der Waals surface area (Å²) in [4.78, 5) is 6.67. The summed E-state index contributed by atoms with van der Waals surface area (Å²) in [5.74, 6) is 0. The molecule has 15 heavy (non-hydrogen) atoms. The van der Waals surface area contributed by atoms with Crippen LogP contribution in [0.4, 0.5) is 0 Å². The number of rotatable bonds is 2. The molecule has 0 bridgehead atoms. The van der Waals surface area contributed by atoms with Gasteiger partial charge in [0.2, 0.25) is 0 Å². The van der Waals surface area contributed by atoms with Crippen LogP contribution in [0.3, 0.4) is 0 Å². The van der Waals surface area contributed by atoms with Crippen molar-refractivity contribution in [3.8, 4) is 0 Å². The Morgan fingerprint density at radius 3 is 1.80 bits per heavy atom. The van der Waals surface area contributed by atoms with Crippen molar-refractivity contribution in [2.24, 2.45) is 0 Å². The van der Waals surface area contributed by atoms with Gasteiger partial charge in [-0.2, -0.15) is 0 Å². The molecule has 2 N–H and O–H groups in total. The van der Waals surface area contributed by atoms with E-state index < -0.39 is 0 Å². The zero-order valence-corrected chi connectivity index (χ0v) is 11.0. The molecule has 4 nitrogen and oxygen atoms in total. The molecule has 2 heterocycles. The van der Waals surface area contributed by atoms with Crippen LogP contribution >= 0.6 is 0 Å². The minimum absolute atomic E-state index is 0.485. The van der Waals surface area contributed by atoms with E-state index in [2.05, 4.69) is 34.5 Å². The van der Waals surface area contributed by atoms with Crippen LogP contribution in [0.1, 0.15) is 0 Å². The van der Waals surface area contributed by atoms with E-state index in [-0.39, 0.29) is 0 Å². The van der Waals surface area contributed by atoms with Crippen LogP contribution in [0.15, 0.2) is 0 Å². The fourth-order valence-corrected chi connectivity index (χ4v) is 4.34. The average Bonchev–Trinajstić information content (AvgIpc) is 2.24. The standard InChI is InChI=1S/2C5H11N2.Al/c2*1-7-4-2-6-3-5-7;/h2*4,6H,2-3,5H2,1H3;/q;;+1. The topological polar surface area (TPSA) is 30.5 Å². The van der Waals surface area contributed by atoms with E-state index in [9.17, 15) is 0 Å². The van der Waals surface area contributed by atoms with E-state index in [0.29, 0.717) is 15.2 Å². The van der Waals surface area contributed by atoms with Crippen LogP contribution in [0.25, 0.3) is 0 Å². The predicted molar refractivity (Wildman–Crippen MR) is 64.3 cm³/mol. The maximum atomic E-state index is 3.51. The van der Waals surface area contributed by atoms with Gasteiger partial charge in [-0.1, -0.05) is 0 Å². The summed E-state index contributed by atoms with van der Waals surface area (Å²) < 4.78 is 0. The Kier molecular flexibility index (Phi) is 4.44. The third-order valence-corrected chi connectivity index (χ3v) is 5.94. The number of hydrogen-bond acceptors (Lipinski definition) is 4. The Morgan fingerprint density at radius 2 is 1.40 bits per heavy atom. The van der Waals surface area contributed by atoms with E-state index in [0.717, 1.165) is 22.9 Å². The summed E-state index contributed by atoms with van der Waals surface area (Å²) in [5, 5.41) is 7.02. The van der Waals surface area contributed by atoms with Gasteiger partial charge >= 0.3 is 98.8 Å². The molecule has 2 atom stereocenters. The van der Waals surface area contributed by atoms with Crippen molar-refractivity contribution in [3.63, 3.8) is 0 Å². The molecule has 5 heteroatoms. The van der Waals surface area contributed by atoms with Crippen molar-refractivity contribution in [1.29, 1.82) is 0 Å². The molecule has 2 unspecified atom stereocenters. The molecule has 0 amide bonds. The first kappa shape index (κ1) is 11.8. The third-order valence-electron chi connectivity index (χ3n) is 3.57. The first-order valence-electron chi connectivity index (χ1n) is 5.94. The molecule has 2 rings (SSSR count). The Bertz CT molecular complexity index is 182. The molecule has 2 saturated heterocycles. The Balaban J connectivity index is 1.83. The molecule has 84 valence electrons. The van der Waals surface area contributed by atoms with Crippen molar-refractivity contribution < 1.29 is 0 Å². The van der Waals surface area contributed by atoms with Gasteiger partial charge in [-0.3, -0.25) is 0 Å². The third kappa shape index (κ3) is 3.16. The van der Waals surface area contributed by atoms with Crippen LogP contribution in [-0.4, -0.2) is 88.2 Å². The molecule has 0 aliphatic carbocycles. The van der Waals surface area contributed by atoms with Crippen LogP contribution in [0.5, 0.6) is 0 Å². The van der Waals surface area contributed by atoms with E-state index >= 15 is 0 Å². The van der Waals surface area contributed by atoms with Gasteiger partial charge in [0, 0.05) is 0 Å². The normalized spacial score (nSPS) is 35.1. The van der Waals surface area contributed by atoms with Gasteiger partial charge in [-0.15, -0.1) is 0 Å². The molecule has 0 spiro atoms. The predicted octanol–water partition coefficient (Wildman–Crippen LogP) is -1.59. The Hall–Kier alpha value is 0.372. The van der Waals surface area contributed by atoms with Crippen LogP contribution in [-0.2, 0) is 0 Å². The van der Waals surface area contributed by atoms with Gasteiger partial charge in [-0.05, 0) is 0 Å². The van der Waals surface area contributed by atoms with E-state index in [1.54, 1.807) is 0 Å². The van der Waals surface area contributed by atoms with Crippen LogP contribution < -0.4 is 10.6 Å². The second kappa shape index (κ2) is 5.63. The van der Waals surface area contributed by atoms with E-state index in [1.807, 2.05) is 0 Å². The molecular weight excluding hydrogens is 203 g/mol. The molecule has 2 aliphatic rings. The summed E-state index contributed by atoms with van der Waals surface area (Å²) in [5.41, 5.74) is 0. The van der Waals surface area contributed by atoms with Gasteiger partial charge in [-0.25, -0.2) is 0 Å². The number of nitrogens with zero attached hydrogens (tertiary/aromatic N) is 2. The number of nitrogens with one attached hydrogen (secondary N) is 2. The molecule has 2 aliphatic heterocycles. The van der Waals surface area contributed by atoms with Crippen molar-refractivity contribution in [2.45, 2.75) is 9.81 Å². The average molecular weight is 225 g/mol. The number of piperazine rings is 2. The second-order valence-corrected chi connectivity index (χ2v) is 6.62. The monoisotopic (exact) mass is 225 g/mol. The summed E-state index contributed by atoms with van der Waals surface area (Å²) in [6, 6.07) is 0. The zero-order valence-electron chi connectivity index (χ0n) is 9.87. The summed E-state index contributed by atoms with van der Waals surface area (Å²) in [6.07, 6.45) is 0. The van der Waals surface area contributed by atoms with Gasteiger partial charge in [0.05, 0.1) is 0 Å². The van der Waals surface area contributed by atoms with Gasteiger partial charge in [0.1, 0.15) is 0 Å². The number of hydrogen-bond donors (Lipinski definition) is 2. The molecule has 0 aromatic heterocycles. The molecule has 0 radical (unpaired) electrons. The molecular formula is C10H22AlN4+. The first-order valence-corrected chi connectivity index (χ1v) is 7.27. The summed E-state index contributed by atoms with van der Waals surface area (Å²) >= 11 is 0.485. The van der Waals surface area contributed by atoms with Gasteiger partial charge < -0.3 is 0 Å². The quantitative estimate of drug-likeness (QED) is 0.555. The zero-order chi connectivity index (χ0) is 10.7. The SMILES string of the molecule is CN1CCNC[CH]1[Al+][CH]1CNCCN1C. The second-order valence-electron chi connectivity index (χ2n) is 4.70. The molecule has 0 aromatic carbocycles. The van der Waals surface area contributed by atoms with Crippen molar-refractivity contribution >= 4 is 15.2 Å². The van der Waals surface area contributed by atoms with Gasteiger partial charge in [0.15, 0.2) is 0 Å². The van der Waals surface area contributed by atoms with E-state index in [1.165, 1.54) is 26.2 Å². The van der Waals surface area contributed by atoms with Gasteiger partial charge in [0.25, 0.3) is 0 Å². The van der Waals surface area contributed by atoms with Crippen molar-refractivity contribution in [2.75, 3.05) is 53.4 Å². The van der Waals surface area contributed by atoms with Crippen molar-refractivity contribution in [1.82, 2.24) is 20.4 Å². The summed E-state index contributed by atoms with van der Waals surface area (Å²) in [6.45, 7) is 7.12. The molecule has 2 fully saturated rings. The van der Waals surface area contributed by atoms with Crippen LogP contribution in [0.2, 0.25) is 0 Å². The Labute approximate surface area is 99.1 Å². The van der Waals surface area contributed by atoms with Crippen LogP contribution in [0, 0.1) is 0 Å². The van der Waals surface area contributed by atoms with E-state index in [4.69, 9.17) is 0 Å².